The van der Waals surface area contributed by atoms with Crippen LogP contribution in [0.3, 0.4) is 0 Å². The van der Waals surface area contributed by atoms with Gasteiger partial charge in [-0.1, -0.05) is 6.42 Å². The van der Waals surface area contributed by atoms with E-state index in [9.17, 15) is 4.79 Å². The summed E-state index contributed by atoms with van der Waals surface area (Å²) in [5, 5.41) is 11.0. The average molecular weight is 459 g/mol. The predicted octanol–water partition coefficient (Wildman–Crippen LogP) is 3.35. The first-order chi connectivity index (χ1) is 14.0. The molecule has 0 aromatic carbocycles. The molecule has 0 spiro atoms. The first kappa shape index (κ1) is 20.9. The van der Waals surface area contributed by atoms with Crippen molar-refractivity contribution in [2.45, 2.75) is 19.3 Å². The average Bonchev–Trinajstić information content (AvgIpc) is 3.07. The first-order valence-electron chi connectivity index (χ1n) is 9.22. The van der Waals surface area contributed by atoms with E-state index in [2.05, 4.69) is 53.1 Å². The van der Waals surface area contributed by atoms with Crippen molar-refractivity contribution >= 4 is 56.8 Å². The van der Waals surface area contributed by atoms with Crippen LogP contribution >= 0.6 is 15.9 Å². The molecular formula is C19H23BrN8O. The Morgan fingerprint density at radius 1 is 1.28 bits per heavy atom. The molecule has 152 valence electrons. The second-order valence-electron chi connectivity index (χ2n) is 6.75. The molecule has 4 rings (SSSR count). The molecule has 9 nitrogen and oxygen atoms in total. The molecule has 3 aromatic heterocycles. The SMILES string of the molecule is CN1CCCCC1.N=Cc1cc(Nc2ncnc3[nH]c(C=O)c(Br)c23)ncc1N. The third kappa shape index (κ3) is 4.96. The molecule has 1 fully saturated rings. The van der Waals surface area contributed by atoms with Crippen LogP contribution in [0.1, 0.15) is 35.3 Å². The number of aromatic amines is 1. The molecule has 0 bridgehead atoms. The molecule has 10 heteroatoms. The van der Waals surface area contributed by atoms with Crippen molar-refractivity contribution < 1.29 is 4.79 Å². The Bertz CT molecular complexity index is 1010. The van der Waals surface area contributed by atoms with Crippen LogP contribution < -0.4 is 11.1 Å². The molecule has 1 saturated heterocycles. The quantitative estimate of drug-likeness (QED) is 0.347. The van der Waals surface area contributed by atoms with Crippen molar-refractivity contribution in [3.05, 3.63) is 34.3 Å². The highest BCUT2D eigenvalue weighted by molar-refractivity contribution is 9.10. The summed E-state index contributed by atoms with van der Waals surface area (Å²) < 4.78 is 0.573. The summed E-state index contributed by atoms with van der Waals surface area (Å²) in [7, 11) is 2.19. The number of carbonyl (C=O) groups is 1. The number of halogens is 1. The Morgan fingerprint density at radius 2 is 2.03 bits per heavy atom. The highest BCUT2D eigenvalue weighted by Crippen LogP contribution is 2.31. The number of aldehydes is 1. The minimum atomic E-state index is 0.379. The van der Waals surface area contributed by atoms with E-state index in [1.807, 2.05) is 0 Å². The monoisotopic (exact) mass is 458 g/mol. The van der Waals surface area contributed by atoms with Gasteiger partial charge in [-0.2, -0.15) is 0 Å². The second kappa shape index (κ2) is 9.57. The summed E-state index contributed by atoms with van der Waals surface area (Å²) in [6, 6.07) is 1.64. The van der Waals surface area contributed by atoms with Gasteiger partial charge in [-0.05, 0) is 55.0 Å². The molecule has 0 aliphatic carbocycles. The number of nitrogens with zero attached hydrogens (tertiary/aromatic N) is 4. The Balaban J connectivity index is 0.000000290. The van der Waals surface area contributed by atoms with Crippen molar-refractivity contribution in [2.24, 2.45) is 0 Å². The zero-order valence-corrected chi connectivity index (χ0v) is 17.7. The van der Waals surface area contributed by atoms with Crippen molar-refractivity contribution in [3.8, 4) is 0 Å². The molecule has 1 aliphatic rings. The number of anilines is 3. The maximum absolute atomic E-state index is 11.0. The van der Waals surface area contributed by atoms with E-state index in [1.165, 1.54) is 44.9 Å². The van der Waals surface area contributed by atoms with Crippen LogP contribution in [-0.4, -0.2) is 57.5 Å². The van der Waals surface area contributed by atoms with Crippen LogP contribution in [0, 0.1) is 5.41 Å². The lowest BCUT2D eigenvalue weighted by molar-refractivity contribution is 0.111. The predicted molar refractivity (Wildman–Crippen MR) is 118 cm³/mol. The lowest BCUT2D eigenvalue weighted by Gasteiger charge is -2.20. The highest BCUT2D eigenvalue weighted by Gasteiger charge is 2.15. The lowest BCUT2D eigenvalue weighted by atomic mass is 10.1. The number of pyridine rings is 1. The van der Waals surface area contributed by atoms with Gasteiger partial charge < -0.3 is 26.3 Å². The van der Waals surface area contributed by atoms with Gasteiger partial charge in [0.15, 0.2) is 6.29 Å². The number of fused-ring (bicyclic) bond motifs is 1. The Morgan fingerprint density at radius 3 is 2.66 bits per heavy atom. The first-order valence-corrected chi connectivity index (χ1v) is 10.0. The van der Waals surface area contributed by atoms with Crippen molar-refractivity contribution in [2.75, 3.05) is 31.2 Å². The Kier molecular flexibility index (Phi) is 6.89. The lowest BCUT2D eigenvalue weighted by Crippen LogP contribution is -2.24. The molecule has 5 N–H and O–H groups in total. The van der Waals surface area contributed by atoms with Gasteiger partial charge in [0.1, 0.15) is 23.6 Å². The van der Waals surface area contributed by atoms with Crippen LogP contribution in [0.2, 0.25) is 0 Å². The van der Waals surface area contributed by atoms with Gasteiger partial charge in [0.05, 0.1) is 27.4 Å². The molecule has 0 unspecified atom stereocenters. The largest absolute Gasteiger partial charge is 0.397 e. The van der Waals surface area contributed by atoms with E-state index in [0.717, 1.165) is 6.21 Å². The molecule has 0 saturated carbocycles. The molecule has 3 aromatic rings. The number of nitrogens with one attached hydrogen (secondary N) is 3. The van der Waals surface area contributed by atoms with E-state index in [-0.39, 0.29) is 0 Å². The van der Waals surface area contributed by atoms with Gasteiger partial charge in [0.25, 0.3) is 0 Å². The van der Waals surface area contributed by atoms with Gasteiger partial charge in [-0.15, -0.1) is 0 Å². The second-order valence-corrected chi connectivity index (χ2v) is 7.54. The summed E-state index contributed by atoms with van der Waals surface area (Å²) in [5.41, 5.74) is 7.57. The highest BCUT2D eigenvalue weighted by atomic mass is 79.9. The van der Waals surface area contributed by atoms with Crippen molar-refractivity contribution in [1.29, 1.82) is 5.41 Å². The molecule has 0 radical (unpaired) electrons. The van der Waals surface area contributed by atoms with Crippen molar-refractivity contribution in [3.63, 3.8) is 0 Å². The van der Waals surface area contributed by atoms with E-state index >= 15 is 0 Å². The Hall–Kier alpha value is -2.85. The number of carbonyl (C=O) groups excluding carboxylic acids is 1. The van der Waals surface area contributed by atoms with Crippen LogP contribution in [0.15, 0.2) is 23.1 Å². The number of H-pyrrole nitrogens is 1. The van der Waals surface area contributed by atoms with E-state index < -0.39 is 0 Å². The topological polar surface area (TPSA) is 137 Å². The normalized spacial score (nSPS) is 14.1. The van der Waals surface area contributed by atoms with E-state index in [0.29, 0.717) is 50.4 Å². The van der Waals surface area contributed by atoms with Gasteiger partial charge in [-0.25, -0.2) is 15.0 Å². The van der Waals surface area contributed by atoms with Gasteiger partial charge in [0.2, 0.25) is 0 Å². The van der Waals surface area contributed by atoms with E-state index in [1.54, 1.807) is 6.07 Å². The summed E-state index contributed by atoms with van der Waals surface area (Å²) >= 11 is 3.36. The van der Waals surface area contributed by atoms with Gasteiger partial charge in [-0.3, -0.25) is 4.79 Å². The number of likely N-dealkylation sites (tertiary alicyclic amines) is 1. The summed E-state index contributed by atoms with van der Waals surface area (Å²) in [6.07, 6.45) is 8.96. The maximum atomic E-state index is 11.0. The number of nitrogens with two attached hydrogens (primary N) is 1. The molecule has 1 aliphatic heterocycles. The zero-order chi connectivity index (χ0) is 20.8. The number of aromatic nitrogens is 4. The number of rotatable bonds is 4. The zero-order valence-electron chi connectivity index (χ0n) is 16.1. The van der Waals surface area contributed by atoms with Crippen LogP contribution in [-0.2, 0) is 0 Å². The standard InChI is InChI=1S/C13H10BrN7O.C6H13N/c14-11-8(4-22)20-12-10(11)13(19-5-18-12)21-9-1-6(2-15)7(16)3-17-9;1-7-5-3-2-4-6-7/h1-5,15H,16H2,(H2,17,18,19,20,21);2-6H2,1H3. The van der Waals surface area contributed by atoms with E-state index in [4.69, 9.17) is 11.1 Å². The number of hydrogen-bond donors (Lipinski definition) is 4. The number of nitrogen functional groups attached to an aromatic ring is 1. The fourth-order valence-corrected chi connectivity index (χ4v) is 3.60. The smallest absolute Gasteiger partial charge is 0.167 e. The van der Waals surface area contributed by atoms with Crippen LogP contribution in [0.4, 0.5) is 17.3 Å². The van der Waals surface area contributed by atoms with Crippen LogP contribution in [0.25, 0.3) is 11.0 Å². The maximum Gasteiger partial charge on any atom is 0.167 e. The minimum Gasteiger partial charge on any atom is -0.397 e. The fourth-order valence-electron chi connectivity index (χ4n) is 3.03. The third-order valence-electron chi connectivity index (χ3n) is 4.62. The number of piperidine rings is 1. The summed E-state index contributed by atoms with van der Waals surface area (Å²) in [5.74, 6) is 0.961. The molecular weight excluding hydrogens is 436 g/mol. The van der Waals surface area contributed by atoms with Gasteiger partial charge in [0, 0.05) is 11.8 Å². The molecule has 0 atom stereocenters. The summed E-state index contributed by atoms with van der Waals surface area (Å²) in [4.78, 5) is 28.7. The summed E-state index contributed by atoms with van der Waals surface area (Å²) in [6.45, 7) is 2.64. The van der Waals surface area contributed by atoms with Crippen molar-refractivity contribution in [1.82, 2.24) is 24.8 Å². The molecule has 4 heterocycles. The molecule has 29 heavy (non-hydrogen) atoms. The third-order valence-corrected chi connectivity index (χ3v) is 5.45. The van der Waals surface area contributed by atoms with Crippen LogP contribution in [0.5, 0.6) is 0 Å². The van der Waals surface area contributed by atoms with Gasteiger partial charge >= 0.3 is 0 Å². The fraction of sp³-hybridized carbons (Fsp3) is 0.316. The Labute approximate surface area is 176 Å². The number of hydrogen-bond acceptors (Lipinski definition) is 8. The minimum absolute atomic E-state index is 0.379. The molecule has 0 amide bonds.